The number of hydrogen-bond donors (Lipinski definition) is 0. The summed E-state index contributed by atoms with van der Waals surface area (Å²) in [5.74, 6) is 0.207. The average molecular weight is 274 g/mol. The summed E-state index contributed by atoms with van der Waals surface area (Å²) in [6, 6.07) is 6.23. The first-order valence-corrected chi connectivity index (χ1v) is 6.30. The van der Waals surface area contributed by atoms with Crippen LogP contribution >= 0.6 is 0 Å². The van der Waals surface area contributed by atoms with Crippen molar-refractivity contribution in [3.05, 3.63) is 46.9 Å². The van der Waals surface area contributed by atoms with E-state index in [1.807, 2.05) is 6.92 Å². The molecule has 2 heterocycles. The quantitative estimate of drug-likeness (QED) is 0.675. The second kappa shape index (κ2) is 4.56. The number of rotatable bonds is 2. The molecule has 0 atom stereocenters. The fourth-order valence-corrected chi connectivity index (χ4v) is 2.28. The number of benzene rings is 1. The highest BCUT2D eigenvalue weighted by Gasteiger charge is 2.23. The van der Waals surface area contributed by atoms with Crippen molar-refractivity contribution in [1.82, 2.24) is 9.84 Å². The van der Waals surface area contributed by atoms with E-state index in [0.29, 0.717) is 27.8 Å². The normalized spacial score (nSPS) is 11.2. The minimum absolute atomic E-state index is 0.200. The summed E-state index contributed by atoms with van der Waals surface area (Å²) in [4.78, 5) is 12.1. The highest BCUT2D eigenvalue weighted by molar-refractivity contribution is 5.91. The Hall–Kier alpha value is -2.50. The van der Waals surface area contributed by atoms with E-state index in [9.17, 15) is 9.30 Å². The van der Waals surface area contributed by atoms with Crippen molar-refractivity contribution in [3.63, 3.8) is 0 Å². The van der Waals surface area contributed by atoms with Crippen molar-refractivity contribution >= 4 is 11.0 Å². The summed E-state index contributed by atoms with van der Waals surface area (Å²) >= 11 is 0. The number of halogens is 1. The van der Waals surface area contributed by atoms with E-state index in [1.54, 1.807) is 25.3 Å². The van der Waals surface area contributed by atoms with Gasteiger partial charge in [0.25, 0.3) is 0 Å². The van der Waals surface area contributed by atoms with Crippen LogP contribution in [0.25, 0.3) is 22.2 Å². The van der Waals surface area contributed by atoms with Crippen LogP contribution in [0.2, 0.25) is 0 Å². The molecule has 3 rings (SSSR count). The molecule has 6 heteroatoms. The fraction of sp³-hybridized carbons (Fsp3) is 0.214. The Bertz CT molecular complexity index is 851. The van der Waals surface area contributed by atoms with Gasteiger partial charge in [0.1, 0.15) is 15.7 Å². The summed E-state index contributed by atoms with van der Waals surface area (Å²) in [6.07, 6.45) is 1.69. The fourth-order valence-electron chi connectivity index (χ4n) is 2.28. The maximum absolute atomic E-state index is 13.4. The first-order chi connectivity index (χ1) is 9.61. The molecule has 0 unspecified atom stereocenters. The molecule has 102 valence electrons. The Labute approximate surface area is 113 Å². The Morgan fingerprint density at radius 3 is 2.95 bits per heavy atom. The number of fused-ring (bicyclic) bond motifs is 1. The van der Waals surface area contributed by atoms with Gasteiger partial charge in [-0.1, -0.05) is 12.1 Å². The van der Waals surface area contributed by atoms with E-state index in [4.69, 9.17) is 4.52 Å². The number of nitrogens with zero attached hydrogens (tertiary/aromatic N) is 3. The highest BCUT2D eigenvalue weighted by atomic mass is 19.1. The summed E-state index contributed by atoms with van der Waals surface area (Å²) < 4.78 is 20.7. The number of hydrogen-bond acceptors (Lipinski definition) is 3. The Morgan fingerprint density at radius 1 is 1.45 bits per heavy atom. The molecule has 0 saturated heterocycles. The third kappa shape index (κ3) is 1.80. The predicted octanol–water partition coefficient (Wildman–Crippen LogP) is 2.68. The lowest BCUT2D eigenvalue weighted by Gasteiger charge is -2.04. The smallest absolute Gasteiger partial charge is 0.261 e. The Kier molecular flexibility index (Phi) is 2.85. The third-order valence-corrected chi connectivity index (χ3v) is 3.27. The Morgan fingerprint density at radius 2 is 2.25 bits per heavy atom. The van der Waals surface area contributed by atoms with Crippen molar-refractivity contribution in [1.29, 1.82) is 0 Å². The van der Waals surface area contributed by atoms with Crippen LogP contribution < -0.4 is 4.54 Å². The zero-order chi connectivity index (χ0) is 14.3. The average Bonchev–Trinajstić information content (AvgIpc) is 2.82. The second-order valence-corrected chi connectivity index (χ2v) is 4.52. The van der Waals surface area contributed by atoms with Crippen LogP contribution in [0.1, 0.15) is 12.7 Å². The van der Waals surface area contributed by atoms with Crippen molar-refractivity contribution < 1.29 is 13.5 Å². The van der Waals surface area contributed by atoms with Crippen LogP contribution in [0.4, 0.5) is 4.39 Å². The Balaban J connectivity index is 2.43. The van der Waals surface area contributed by atoms with Crippen LogP contribution in [0, 0.1) is 17.6 Å². The first-order valence-electron chi connectivity index (χ1n) is 6.30. The summed E-state index contributed by atoms with van der Waals surface area (Å²) in [7, 11) is 0. The molecule has 0 aliphatic carbocycles. The minimum atomic E-state index is -0.327. The predicted molar refractivity (Wildman–Crippen MR) is 71.2 cm³/mol. The maximum atomic E-state index is 13.4. The van der Waals surface area contributed by atoms with Gasteiger partial charge >= 0.3 is 5.65 Å². The van der Waals surface area contributed by atoms with Crippen molar-refractivity contribution in [2.45, 2.75) is 20.4 Å². The van der Waals surface area contributed by atoms with E-state index in [2.05, 4.69) is 5.16 Å². The molecule has 3 aromatic rings. The van der Waals surface area contributed by atoms with Crippen molar-refractivity contribution in [2.24, 2.45) is 0 Å². The van der Waals surface area contributed by atoms with Gasteiger partial charge in [-0.05, 0) is 29.5 Å². The van der Waals surface area contributed by atoms with Crippen molar-refractivity contribution in [2.75, 3.05) is 0 Å². The largest absolute Gasteiger partial charge is 0.445 e. The van der Waals surface area contributed by atoms with E-state index in [1.165, 1.54) is 16.8 Å². The molecule has 2 aromatic heterocycles. The molecule has 0 amide bonds. The first kappa shape index (κ1) is 12.5. The van der Waals surface area contributed by atoms with Gasteiger partial charge in [0, 0.05) is 12.5 Å². The molecule has 0 fully saturated rings. The lowest BCUT2D eigenvalue weighted by Crippen LogP contribution is -2.31. The summed E-state index contributed by atoms with van der Waals surface area (Å²) in [6.45, 7) is 4.06. The van der Waals surface area contributed by atoms with Gasteiger partial charge in [-0.2, -0.15) is 4.68 Å². The van der Waals surface area contributed by atoms with Crippen LogP contribution in [0.15, 0.2) is 35.0 Å². The molecule has 0 spiro atoms. The van der Waals surface area contributed by atoms with Gasteiger partial charge in [-0.3, -0.25) is 4.52 Å². The SMILES string of the molecule is CCn1cc(-c2cccc(F)c2)c2c(C)onc2[n+]1=O. The molecule has 0 aliphatic rings. The van der Waals surface area contributed by atoms with Gasteiger partial charge in [0.2, 0.25) is 0 Å². The van der Waals surface area contributed by atoms with Gasteiger partial charge in [-0.25, -0.2) is 4.39 Å². The lowest BCUT2D eigenvalue weighted by atomic mass is 10.0. The summed E-state index contributed by atoms with van der Waals surface area (Å²) in [5, 5.41) is 4.40. The topological polar surface area (TPSA) is 53.9 Å². The number of aryl methyl sites for hydroxylation is 2. The standard InChI is InChI=1S/C14H13FN3O2/c1-3-17-8-12(10-5-4-6-11(15)7-10)13-9(2)20-16-14(13)18(17)19/h4-8H,3H2,1-2H3/q+1. The van der Waals surface area contributed by atoms with E-state index in [-0.39, 0.29) is 11.5 Å². The van der Waals surface area contributed by atoms with Gasteiger partial charge in [0.05, 0.1) is 12.7 Å². The molecule has 1 aromatic carbocycles. The van der Waals surface area contributed by atoms with Crippen molar-refractivity contribution in [3.8, 4) is 11.1 Å². The molecule has 20 heavy (non-hydrogen) atoms. The zero-order valence-electron chi connectivity index (χ0n) is 11.1. The highest BCUT2D eigenvalue weighted by Crippen LogP contribution is 2.29. The lowest BCUT2D eigenvalue weighted by molar-refractivity contribution is -0.574. The zero-order valence-corrected chi connectivity index (χ0v) is 11.1. The van der Waals surface area contributed by atoms with Gasteiger partial charge < -0.3 is 0 Å². The minimum Gasteiger partial charge on any atom is -0.261 e. The molecule has 0 bridgehead atoms. The third-order valence-electron chi connectivity index (χ3n) is 3.27. The monoisotopic (exact) mass is 274 g/mol. The maximum Gasteiger partial charge on any atom is 0.445 e. The molecule has 0 radical (unpaired) electrons. The van der Waals surface area contributed by atoms with Crippen LogP contribution in [0.5, 0.6) is 0 Å². The molecule has 0 saturated carbocycles. The van der Waals surface area contributed by atoms with Gasteiger partial charge in [0.15, 0.2) is 10.9 Å². The molecule has 5 nitrogen and oxygen atoms in total. The van der Waals surface area contributed by atoms with Crippen LogP contribution in [-0.4, -0.2) is 9.84 Å². The second-order valence-electron chi connectivity index (χ2n) is 4.52. The van der Waals surface area contributed by atoms with Crippen LogP contribution in [0.3, 0.4) is 0 Å². The van der Waals surface area contributed by atoms with E-state index < -0.39 is 0 Å². The van der Waals surface area contributed by atoms with Crippen LogP contribution in [-0.2, 0) is 6.54 Å². The molecular weight excluding hydrogens is 261 g/mol. The number of aromatic nitrogens is 3. The molecule has 0 N–H and O–H groups in total. The van der Waals surface area contributed by atoms with E-state index in [0.717, 1.165) is 5.56 Å². The van der Waals surface area contributed by atoms with E-state index >= 15 is 0 Å². The molecule has 0 aliphatic heterocycles. The summed E-state index contributed by atoms with van der Waals surface area (Å²) in [5.41, 5.74) is 1.61. The van der Waals surface area contributed by atoms with Gasteiger partial charge in [-0.15, -0.1) is 0 Å². The molecular formula is C14H13FN3O2+.